The second-order valence-corrected chi connectivity index (χ2v) is 4.87. The fourth-order valence-corrected chi connectivity index (χ4v) is 2.45. The van der Waals surface area contributed by atoms with Gasteiger partial charge in [0.05, 0.1) is 11.0 Å². The number of nitrogens with two attached hydrogens (primary N) is 1. The Morgan fingerprint density at radius 1 is 1.22 bits per heavy atom. The zero-order valence-electron chi connectivity index (χ0n) is 9.71. The van der Waals surface area contributed by atoms with Gasteiger partial charge in [-0.2, -0.15) is 0 Å². The number of nitrogens with one attached hydrogen (secondary N) is 1. The minimum Gasteiger partial charge on any atom is -0.399 e. The predicted octanol–water partition coefficient (Wildman–Crippen LogP) is 2.39. The quantitative estimate of drug-likeness (QED) is 0.544. The van der Waals surface area contributed by atoms with Crippen LogP contribution in [0.1, 0.15) is 5.82 Å². The third kappa shape index (κ3) is 2.14. The Morgan fingerprint density at radius 2 is 2.11 bits per heavy atom. The molecule has 0 radical (unpaired) electrons. The average Bonchev–Trinajstić information content (AvgIpc) is 2.70. The second kappa shape index (κ2) is 4.30. The van der Waals surface area contributed by atoms with Crippen LogP contribution in [0.2, 0.25) is 0 Å². The summed E-state index contributed by atoms with van der Waals surface area (Å²) >= 11 is 1.47. The van der Waals surface area contributed by atoms with Gasteiger partial charge in [0.1, 0.15) is 10.9 Å². The Kier molecular flexibility index (Phi) is 2.64. The first-order valence-electron chi connectivity index (χ1n) is 5.43. The van der Waals surface area contributed by atoms with Crippen molar-refractivity contribution in [1.29, 1.82) is 0 Å². The van der Waals surface area contributed by atoms with Crippen molar-refractivity contribution in [1.82, 2.24) is 19.9 Å². The normalized spacial score (nSPS) is 10.9. The third-order valence-corrected chi connectivity index (χ3v) is 3.26. The summed E-state index contributed by atoms with van der Waals surface area (Å²) < 4.78 is 0. The Morgan fingerprint density at radius 3 is 2.94 bits per heavy atom. The van der Waals surface area contributed by atoms with E-state index < -0.39 is 0 Å². The number of H-pyrrole nitrogens is 1. The summed E-state index contributed by atoms with van der Waals surface area (Å²) in [6, 6.07) is 7.47. The van der Waals surface area contributed by atoms with E-state index in [-0.39, 0.29) is 0 Å². The lowest BCUT2D eigenvalue weighted by Gasteiger charge is -1.96. The molecule has 3 rings (SSSR count). The van der Waals surface area contributed by atoms with Crippen LogP contribution in [0.3, 0.4) is 0 Å². The zero-order chi connectivity index (χ0) is 12.5. The molecule has 0 aliphatic rings. The van der Waals surface area contributed by atoms with Crippen LogP contribution in [-0.4, -0.2) is 19.9 Å². The SMILES string of the molecule is Cc1nccc(Sc2nc3ccc(N)cc3[nH]2)n1. The van der Waals surface area contributed by atoms with Crippen molar-refractivity contribution in [3.05, 3.63) is 36.3 Å². The Labute approximate surface area is 108 Å². The van der Waals surface area contributed by atoms with E-state index in [1.54, 1.807) is 6.20 Å². The number of benzene rings is 1. The maximum atomic E-state index is 5.73. The van der Waals surface area contributed by atoms with Gasteiger partial charge in [-0.1, -0.05) is 0 Å². The summed E-state index contributed by atoms with van der Waals surface area (Å²) in [5, 5.41) is 1.67. The van der Waals surface area contributed by atoms with E-state index in [0.29, 0.717) is 0 Å². The van der Waals surface area contributed by atoms with E-state index in [1.807, 2.05) is 31.2 Å². The number of aromatic amines is 1. The van der Waals surface area contributed by atoms with Crippen molar-refractivity contribution in [2.24, 2.45) is 0 Å². The molecule has 2 aromatic heterocycles. The fraction of sp³-hybridized carbons (Fsp3) is 0.0833. The molecule has 0 fully saturated rings. The van der Waals surface area contributed by atoms with Gasteiger partial charge in [0.15, 0.2) is 5.16 Å². The van der Waals surface area contributed by atoms with Gasteiger partial charge in [-0.25, -0.2) is 15.0 Å². The lowest BCUT2D eigenvalue weighted by atomic mass is 10.3. The van der Waals surface area contributed by atoms with Crippen molar-refractivity contribution in [3.8, 4) is 0 Å². The highest BCUT2D eigenvalue weighted by Gasteiger charge is 2.06. The highest BCUT2D eigenvalue weighted by Crippen LogP contribution is 2.26. The number of aromatic nitrogens is 4. The van der Waals surface area contributed by atoms with E-state index in [0.717, 1.165) is 32.7 Å². The van der Waals surface area contributed by atoms with Gasteiger partial charge in [-0.15, -0.1) is 0 Å². The highest BCUT2D eigenvalue weighted by atomic mass is 32.2. The predicted molar refractivity (Wildman–Crippen MR) is 71.4 cm³/mol. The van der Waals surface area contributed by atoms with Crippen LogP contribution in [-0.2, 0) is 0 Å². The largest absolute Gasteiger partial charge is 0.399 e. The number of fused-ring (bicyclic) bond motifs is 1. The molecule has 0 spiro atoms. The monoisotopic (exact) mass is 257 g/mol. The molecule has 3 aromatic rings. The van der Waals surface area contributed by atoms with Crippen LogP contribution in [0.25, 0.3) is 11.0 Å². The molecule has 0 bridgehead atoms. The summed E-state index contributed by atoms with van der Waals surface area (Å²) in [6.07, 6.45) is 1.74. The number of nitrogens with zero attached hydrogens (tertiary/aromatic N) is 3. The summed E-state index contributed by atoms with van der Waals surface area (Å²) in [5.74, 6) is 0.750. The Balaban J connectivity index is 1.95. The number of nitrogen functional groups attached to an aromatic ring is 1. The molecule has 0 unspecified atom stereocenters. The number of hydrogen-bond donors (Lipinski definition) is 2. The minimum absolute atomic E-state index is 0.723. The van der Waals surface area contributed by atoms with E-state index in [1.165, 1.54) is 11.8 Å². The zero-order valence-corrected chi connectivity index (χ0v) is 10.5. The van der Waals surface area contributed by atoms with Crippen molar-refractivity contribution in [2.75, 3.05) is 5.73 Å². The topological polar surface area (TPSA) is 80.5 Å². The number of hydrogen-bond acceptors (Lipinski definition) is 5. The summed E-state index contributed by atoms with van der Waals surface area (Å²) in [7, 11) is 0. The molecule has 5 nitrogen and oxygen atoms in total. The Bertz CT molecular complexity index is 707. The number of aryl methyl sites for hydroxylation is 1. The molecule has 0 saturated carbocycles. The number of rotatable bonds is 2. The van der Waals surface area contributed by atoms with Crippen LogP contribution in [0.15, 0.2) is 40.6 Å². The van der Waals surface area contributed by atoms with Crippen molar-refractivity contribution >= 4 is 28.5 Å². The summed E-state index contributed by atoms with van der Waals surface area (Å²) in [4.78, 5) is 16.1. The minimum atomic E-state index is 0.723. The van der Waals surface area contributed by atoms with Gasteiger partial charge in [0.2, 0.25) is 0 Å². The van der Waals surface area contributed by atoms with E-state index >= 15 is 0 Å². The molecule has 0 saturated heterocycles. The van der Waals surface area contributed by atoms with Gasteiger partial charge in [-0.3, -0.25) is 0 Å². The van der Waals surface area contributed by atoms with E-state index in [2.05, 4.69) is 19.9 Å². The molecular weight excluding hydrogens is 246 g/mol. The number of imidazole rings is 1. The first-order valence-corrected chi connectivity index (χ1v) is 6.25. The molecule has 90 valence electrons. The van der Waals surface area contributed by atoms with Gasteiger partial charge >= 0.3 is 0 Å². The summed E-state index contributed by atoms with van der Waals surface area (Å²) in [6.45, 7) is 1.86. The van der Waals surface area contributed by atoms with Crippen LogP contribution in [0.5, 0.6) is 0 Å². The molecule has 18 heavy (non-hydrogen) atoms. The summed E-state index contributed by atoms with van der Waals surface area (Å²) in [5.41, 5.74) is 8.29. The van der Waals surface area contributed by atoms with E-state index in [4.69, 9.17) is 5.73 Å². The van der Waals surface area contributed by atoms with E-state index in [9.17, 15) is 0 Å². The van der Waals surface area contributed by atoms with Crippen LogP contribution < -0.4 is 5.73 Å². The van der Waals surface area contributed by atoms with Gasteiger partial charge in [0, 0.05) is 11.9 Å². The van der Waals surface area contributed by atoms with Crippen LogP contribution in [0.4, 0.5) is 5.69 Å². The third-order valence-electron chi connectivity index (χ3n) is 2.44. The first kappa shape index (κ1) is 11.0. The molecule has 0 aliphatic carbocycles. The number of anilines is 1. The van der Waals surface area contributed by atoms with Gasteiger partial charge in [0.25, 0.3) is 0 Å². The van der Waals surface area contributed by atoms with Crippen molar-refractivity contribution in [3.63, 3.8) is 0 Å². The molecule has 1 aromatic carbocycles. The van der Waals surface area contributed by atoms with Crippen LogP contribution >= 0.6 is 11.8 Å². The second-order valence-electron chi connectivity index (χ2n) is 3.86. The van der Waals surface area contributed by atoms with Crippen LogP contribution in [0, 0.1) is 6.92 Å². The molecule has 6 heteroatoms. The fourth-order valence-electron chi connectivity index (χ4n) is 1.64. The van der Waals surface area contributed by atoms with Crippen molar-refractivity contribution in [2.45, 2.75) is 17.1 Å². The Hall–Kier alpha value is -2.08. The van der Waals surface area contributed by atoms with Crippen molar-refractivity contribution < 1.29 is 0 Å². The molecule has 3 N–H and O–H groups in total. The molecule has 0 atom stereocenters. The maximum Gasteiger partial charge on any atom is 0.172 e. The van der Waals surface area contributed by atoms with Gasteiger partial charge < -0.3 is 10.7 Å². The average molecular weight is 257 g/mol. The molecule has 0 aliphatic heterocycles. The smallest absolute Gasteiger partial charge is 0.172 e. The first-order chi connectivity index (χ1) is 8.70. The highest BCUT2D eigenvalue weighted by molar-refractivity contribution is 7.99. The molecule has 0 amide bonds. The lowest BCUT2D eigenvalue weighted by Crippen LogP contribution is -1.87. The lowest BCUT2D eigenvalue weighted by molar-refractivity contribution is 0.960. The standard InChI is InChI=1S/C12H11N5S/c1-7-14-5-4-11(15-7)18-12-16-9-3-2-8(13)6-10(9)17-12/h2-6H,13H2,1H3,(H,16,17). The maximum absolute atomic E-state index is 5.73. The van der Waals surface area contributed by atoms with Gasteiger partial charge in [-0.05, 0) is 43.0 Å². The molecule has 2 heterocycles. The molecular formula is C12H11N5S.